The molecule has 1 unspecified atom stereocenters. The molecule has 0 aliphatic carbocycles. The van der Waals surface area contributed by atoms with Crippen molar-refractivity contribution in [3.8, 4) is 0 Å². The van der Waals surface area contributed by atoms with Gasteiger partial charge in [0.05, 0.1) is 41.8 Å². The summed E-state index contributed by atoms with van der Waals surface area (Å²) in [5.41, 5.74) is 4.68. The molecule has 0 fully saturated rings. The van der Waals surface area contributed by atoms with E-state index in [2.05, 4.69) is 10.6 Å². The number of likely N-dealkylation sites (N-methyl/N-ethyl adjacent to an activating group) is 1. The third kappa shape index (κ3) is 10.1. The summed E-state index contributed by atoms with van der Waals surface area (Å²) >= 11 is 0. The molecule has 0 saturated heterocycles. The summed E-state index contributed by atoms with van der Waals surface area (Å²) in [5.74, 6) is -2.20. The van der Waals surface area contributed by atoms with Crippen LogP contribution in [0.3, 0.4) is 0 Å². The molecule has 2 aromatic carbocycles. The van der Waals surface area contributed by atoms with Crippen molar-refractivity contribution in [3.05, 3.63) is 93.3 Å². The molecule has 1 atom stereocenters. The van der Waals surface area contributed by atoms with Gasteiger partial charge in [0.1, 0.15) is 0 Å². The van der Waals surface area contributed by atoms with E-state index in [1.165, 1.54) is 12.1 Å². The fourth-order valence-electron chi connectivity index (χ4n) is 4.79. The topological polar surface area (TPSA) is 157 Å². The van der Waals surface area contributed by atoms with Crippen molar-refractivity contribution in [1.29, 1.82) is 0 Å². The van der Waals surface area contributed by atoms with Crippen LogP contribution in [0.2, 0.25) is 0 Å². The van der Waals surface area contributed by atoms with Gasteiger partial charge in [-0.15, -0.1) is 0 Å². The lowest BCUT2D eigenvalue weighted by atomic mass is 9.78. The van der Waals surface area contributed by atoms with Crippen molar-refractivity contribution in [2.24, 2.45) is 0 Å². The number of aryl methyl sites for hydroxylation is 1. The molecule has 1 heterocycles. The van der Waals surface area contributed by atoms with Gasteiger partial charge in [0.15, 0.2) is 0 Å². The van der Waals surface area contributed by atoms with E-state index in [4.69, 9.17) is 18.8 Å². The molecule has 1 aliphatic rings. The Hall–Kier alpha value is -4.26. The number of allylic oxidation sites excluding steroid dienone is 1. The lowest BCUT2D eigenvalue weighted by Crippen LogP contribution is -2.36. The van der Waals surface area contributed by atoms with Crippen molar-refractivity contribution in [3.63, 3.8) is 0 Å². The van der Waals surface area contributed by atoms with E-state index in [0.29, 0.717) is 52.2 Å². The molecule has 250 valence electrons. The van der Waals surface area contributed by atoms with Gasteiger partial charge >= 0.3 is 17.9 Å². The average molecular weight is 657 g/mol. The zero-order chi connectivity index (χ0) is 34.4. The maximum atomic E-state index is 13.3. The third-order valence-electron chi connectivity index (χ3n) is 6.86. The molecule has 1 aliphatic heterocycles. The number of carbonyl (C=O) groups excluding carboxylic acids is 3. The first-order valence-electron chi connectivity index (χ1n) is 15.0. The van der Waals surface area contributed by atoms with Crippen molar-refractivity contribution in [1.82, 2.24) is 10.6 Å². The van der Waals surface area contributed by atoms with Gasteiger partial charge in [-0.25, -0.2) is 14.4 Å². The van der Waals surface area contributed by atoms with Crippen molar-refractivity contribution >= 4 is 34.1 Å². The maximum absolute atomic E-state index is 13.3. The Morgan fingerprint density at radius 2 is 1.43 bits per heavy atom. The number of nitrogens with one attached hydrogen (secondary N) is 2. The van der Waals surface area contributed by atoms with E-state index in [0.717, 1.165) is 5.56 Å². The Balaban J connectivity index is 0.000000562. The van der Waals surface area contributed by atoms with Gasteiger partial charge in [0.25, 0.3) is 10.1 Å². The van der Waals surface area contributed by atoms with Crippen LogP contribution in [-0.4, -0.2) is 64.3 Å². The molecule has 0 radical (unpaired) electrons. The Labute approximate surface area is 271 Å². The average Bonchev–Trinajstić information content (AvgIpc) is 3.00. The molecule has 11 nitrogen and oxygen atoms in total. The predicted octanol–water partition coefficient (Wildman–Crippen LogP) is 4.85. The quantitative estimate of drug-likeness (QED) is 0.124. The first-order chi connectivity index (χ1) is 21.8. The number of esters is 3. The summed E-state index contributed by atoms with van der Waals surface area (Å²) in [6.07, 6.45) is 2.22. The van der Waals surface area contributed by atoms with Crippen molar-refractivity contribution in [2.45, 2.75) is 58.8 Å². The Kier molecular flexibility index (Phi) is 14.9. The minimum atomic E-state index is -4.02. The summed E-state index contributed by atoms with van der Waals surface area (Å²) in [4.78, 5) is 38.9. The molecule has 46 heavy (non-hydrogen) atoms. The second kappa shape index (κ2) is 18.0. The van der Waals surface area contributed by atoms with Gasteiger partial charge in [-0.1, -0.05) is 48.9 Å². The molecular weight excluding hydrogens is 612 g/mol. The number of benzene rings is 2. The first-order valence-corrected chi connectivity index (χ1v) is 16.5. The van der Waals surface area contributed by atoms with Gasteiger partial charge < -0.3 is 24.8 Å². The molecule has 12 heteroatoms. The second-order valence-electron chi connectivity index (χ2n) is 10.1. The largest absolute Gasteiger partial charge is 0.463 e. The van der Waals surface area contributed by atoms with Gasteiger partial charge in [-0.3, -0.25) is 4.55 Å². The van der Waals surface area contributed by atoms with E-state index in [1.54, 1.807) is 53.0 Å². The Morgan fingerprint density at radius 3 is 1.96 bits per heavy atom. The number of dihydropyridines is 1. The monoisotopic (exact) mass is 656 g/mol. The fourth-order valence-corrected chi connectivity index (χ4v) is 5.27. The van der Waals surface area contributed by atoms with E-state index in [1.807, 2.05) is 38.1 Å². The lowest BCUT2D eigenvalue weighted by Gasteiger charge is -2.32. The summed E-state index contributed by atoms with van der Waals surface area (Å²) in [5, 5.41) is 6.28. The maximum Gasteiger partial charge on any atom is 0.336 e. The van der Waals surface area contributed by atoms with Crippen LogP contribution in [-0.2, 0) is 38.7 Å². The second-order valence-corrected chi connectivity index (χ2v) is 11.5. The highest BCUT2D eigenvalue weighted by atomic mass is 32.2. The van der Waals surface area contributed by atoms with Gasteiger partial charge in [-0.2, -0.15) is 8.42 Å². The van der Waals surface area contributed by atoms with E-state index >= 15 is 0 Å². The minimum Gasteiger partial charge on any atom is -0.463 e. The number of hydrogen-bond acceptors (Lipinski definition) is 10. The zero-order valence-electron chi connectivity index (χ0n) is 27.4. The predicted molar refractivity (Wildman–Crippen MR) is 175 cm³/mol. The molecular formula is C34H44N2O9S. The normalized spacial score (nSPS) is 15.0. The molecule has 0 aromatic heterocycles. The van der Waals surface area contributed by atoms with Gasteiger partial charge in [0.2, 0.25) is 0 Å². The Bertz CT molecular complexity index is 1590. The third-order valence-corrected chi connectivity index (χ3v) is 7.73. The van der Waals surface area contributed by atoms with Crippen LogP contribution in [0.5, 0.6) is 0 Å². The van der Waals surface area contributed by atoms with E-state index in [9.17, 15) is 22.8 Å². The molecule has 0 bridgehead atoms. The molecule has 0 amide bonds. The number of hydrogen-bond donors (Lipinski definition) is 3. The summed E-state index contributed by atoms with van der Waals surface area (Å²) in [6.45, 7) is 11.7. The standard InChI is InChI=1S/C27H36N2O6.C7H8O3S/c1-7-18(25(30)33-8-2)15-19-13-11-12-14-20(19)23-22(26(31)34-9-3)17(5)29-21(16-28-6)24(23)27(32)35-10-4;1-6-2-4-7(5-3-6)11(8,9)10/h11-15,23,28-29H,7-10,16H2,1-6H3;2-5H,1H3,(H,8,9,10). The summed E-state index contributed by atoms with van der Waals surface area (Å²) in [7, 11) is -2.25. The SMILES string of the molecule is CCOC(=O)C(=Cc1ccccc1C1C(C(=O)OCC)=C(C)NC(CNC)=C1C(=O)OCC)CC.Cc1ccc(S(=O)(=O)O)cc1. The minimum absolute atomic E-state index is 0.0666. The first kappa shape index (κ1) is 37.9. The molecule has 3 rings (SSSR count). The van der Waals surface area contributed by atoms with Crippen LogP contribution in [0.15, 0.2) is 81.5 Å². The van der Waals surface area contributed by atoms with Gasteiger partial charge in [-0.05, 0) is 77.4 Å². The van der Waals surface area contributed by atoms with Crippen LogP contribution in [0.4, 0.5) is 0 Å². The van der Waals surface area contributed by atoms with Crippen LogP contribution in [0.25, 0.3) is 6.08 Å². The van der Waals surface area contributed by atoms with E-state index in [-0.39, 0.29) is 24.7 Å². The highest BCUT2D eigenvalue weighted by Gasteiger charge is 2.39. The van der Waals surface area contributed by atoms with Crippen molar-refractivity contribution < 1.29 is 41.6 Å². The fraction of sp³-hybridized carbons (Fsp3) is 0.382. The zero-order valence-corrected chi connectivity index (χ0v) is 28.2. The van der Waals surface area contributed by atoms with Crippen LogP contribution in [0, 0.1) is 6.92 Å². The van der Waals surface area contributed by atoms with Crippen LogP contribution < -0.4 is 10.6 Å². The number of carbonyl (C=O) groups is 3. The highest BCUT2D eigenvalue weighted by molar-refractivity contribution is 7.85. The lowest BCUT2D eigenvalue weighted by molar-refractivity contribution is -0.140. The van der Waals surface area contributed by atoms with Crippen molar-refractivity contribution in [2.75, 3.05) is 33.4 Å². The van der Waals surface area contributed by atoms with Gasteiger partial charge in [0, 0.05) is 23.5 Å². The highest BCUT2D eigenvalue weighted by Crippen LogP contribution is 2.41. The van der Waals surface area contributed by atoms with Crippen LogP contribution in [0.1, 0.15) is 63.6 Å². The summed E-state index contributed by atoms with van der Waals surface area (Å²) < 4.78 is 45.6. The molecule has 2 aromatic rings. The molecule has 0 saturated carbocycles. The molecule has 3 N–H and O–H groups in total. The van der Waals surface area contributed by atoms with Crippen LogP contribution >= 0.6 is 0 Å². The number of ether oxygens (including phenoxy) is 3. The van der Waals surface area contributed by atoms with E-state index < -0.39 is 33.9 Å². The number of rotatable bonds is 12. The summed E-state index contributed by atoms with van der Waals surface area (Å²) in [6, 6.07) is 13.4. The smallest absolute Gasteiger partial charge is 0.336 e. The molecule has 0 spiro atoms. The Morgan fingerprint density at radius 1 is 0.870 bits per heavy atom.